The minimum atomic E-state index is 0. The highest BCUT2D eigenvalue weighted by molar-refractivity contribution is 6.33. The van der Waals surface area contributed by atoms with E-state index in [-0.39, 0.29) is 18.3 Å². The molecule has 0 saturated carbocycles. The molecule has 2 saturated heterocycles. The summed E-state index contributed by atoms with van der Waals surface area (Å²) in [7, 11) is 2.20. The van der Waals surface area contributed by atoms with Crippen LogP contribution in [0.5, 0.6) is 0 Å². The van der Waals surface area contributed by atoms with Crippen molar-refractivity contribution in [3.05, 3.63) is 64.4 Å². The largest absolute Gasteiger partial charge is 0.338 e. The summed E-state index contributed by atoms with van der Waals surface area (Å²) in [5.41, 5.74) is 3.26. The van der Waals surface area contributed by atoms with E-state index in [1.54, 1.807) is 12.3 Å². The maximum absolute atomic E-state index is 12.9. The van der Waals surface area contributed by atoms with Gasteiger partial charge in [-0.25, -0.2) is 0 Å². The molecule has 4 rings (SSSR count). The Labute approximate surface area is 165 Å². The zero-order valence-corrected chi connectivity index (χ0v) is 16.5. The lowest BCUT2D eigenvalue weighted by Gasteiger charge is -2.28. The summed E-state index contributed by atoms with van der Waals surface area (Å²) in [6.07, 6.45) is 3.16. The Kier molecular flexibility index (Phi) is 5.56. The second-order valence-corrected chi connectivity index (χ2v) is 7.64. The number of aryl methyl sites for hydroxylation is 1. The van der Waals surface area contributed by atoms with Crippen LogP contribution in [0, 0.1) is 18.8 Å². The van der Waals surface area contributed by atoms with Crippen LogP contribution in [0.15, 0.2) is 42.7 Å². The number of benzene rings is 1. The molecule has 0 N–H and O–H groups in total. The zero-order chi connectivity index (χ0) is 17.6. The molecule has 1 amide bonds. The third-order valence-electron chi connectivity index (χ3n) is 5.69. The first-order valence-corrected chi connectivity index (χ1v) is 9.08. The molecule has 6 heteroatoms. The first-order valence-electron chi connectivity index (χ1n) is 8.71. The van der Waals surface area contributed by atoms with Crippen molar-refractivity contribution in [2.75, 3.05) is 26.7 Å². The molecular formula is C20H23Cl2N3O. The average Bonchev–Trinajstić information content (AvgIpc) is 3.12. The van der Waals surface area contributed by atoms with Gasteiger partial charge in [0.2, 0.25) is 0 Å². The molecule has 3 atom stereocenters. The second kappa shape index (κ2) is 7.55. The highest BCUT2D eigenvalue weighted by Crippen LogP contribution is 2.45. The van der Waals surface area contributed by atoms with E-state index in [1.165, 1.54) is 17.3 Å². The molecule has 2 fully saturated rings. The van der Waals surface area contributed by atoms with Crippen molar-refractivity contribution < 1.29 is 4.79 Å². The minimum Gasteiger partial charge on any atom is -0.338 e. The molecule has 0 unspecified atom stereocenters. The number of nitrogens with zero attached hydrogens (tertiary/aromatic N) is 3. The van der Waals surface area contributed by atoms with Crippen LogP contribution in [0.3, 0.4) is 0 Å². The fourth-order valence-electron chi connectivity index (χ4n) is 4.53. The van der Waals surface area contributed by atoms with Gasteiger partial charge in [-0.05, 0) is 37.1 Å². The average molecular weight is 392 g/mol. The summed E-state index contributed by atoms with van der Waals surface area (Å²) in [5, 5.41) is 0.428. The highest BCUT2D eigenvalue weighted by atomic mass is 35.5. The fraction of sp³-hybridized carbons (Fsp3) is 0.400. The maximum Gasteiger partial charge on any atom is 0.255 e. The van der Waals surface area contributed by atoms with Gasteiger partial charge in [-0.2, -0.15) is 0 Å². The van der Waals surface area contributed by atoms with Gasteiger partial charge in [0.05, 0.1) is 10.6 Å². The van der Waals surface area contributed by atoms with Crippen molar-refractivity contribution in [2.45, 2.75) is 13.0 Å². The summed E-state index contributed by atoms with van der Waals surface area (Å²) in [4.78, 5) is 21.3. The predicted molar refractivity (Wildman–Crippen MR) is 106 cm³/mol. The smallest absolute Gasteiger partial charge is 0.255 e. The molecule has 26 heavy (non-hydrogen) atoms. The third kappa shape index (κ3) is 3.22. The number of hydrogen-bond acceptors (Lipinski definition) is 3. The molecule has 2 aliphatic heterocycles. The number of aromatic nitrogens is 1. The number of pyridine rings is 1. The first kappa shape index (κ1) is 19.2. The fourth-order valence-corrected chi connectivity index (χ4v) is 4.73. The van der Waals surface area contributed by atoms with Gasteiger partial charge in [-0.1, -0.05) is 35.9 Å². The number of amides is 1. The SMILES string of the molecule is Cc1ccccc1[C@H]1[C@@H]2CN(C(=O)c3ccncc3Cl)C[C@@H]2CN1C.Cl. The van der Waals surface area contributed by atoms with E-state index in [4.69, 9.17) is 11.6 Å². The second-order valence-electron chi connectivity index (χ2n) is 7.23. The van der Waals surface area contributed by atoms with Crippen LogP contribution >= 0.6 is 24.0 Å². The van der Waals surface area contributed by atoms with E-state index in [0.717, 1.165) is 19.6 Å². The van der Waals surface area contributed by atoms with Gasteiger partial charge in [0.1, 0.15) is 0 Å². The zero-order valence-electron chi connectivity index (χ0n) is 14.9. The van der Waals surface area contributed by atoms with Crippen LogP contribution in [0.4, 0.5) is 0 Å². The lowest BCUT2D eigenvalue weighted by Crippen LogP contribution is -2.33. The number of rotatable bonds is 2. The van der Waals surface area contributed by atoms with E-state index in [0.29, 0.717) is 28.5 Å². The molecule has 2 aliphatic rings. The van der Waals surface area contributed by atoms with Crippen LogP contribution < -0.4 is 0 Å². The number of halogens is 2. The molecule has 1 aromatic carbocycles. The normalized spacial score (nSPS) is 25.0. The highest BCUT2D eigenvalue weighted by Gasteiger charge is 2.47. The summed E-state index contributed by atoms with van der Waals surface area (Å²) < 4.78 is 0. The van der Waals surface area contributed by atoms with Crippen LogP contribution in [0.1, 0.15) is 27.5 Å². The molecule has 3 heterocycles. The van der Waals surface area contributed by atoms with Crippen molar-refractivity contribution in [2.24, 2.45) is 11.8 Å². The van der Waals surface area contributed by atoms with Gasteiger partial charge < -0.3 is 4.90 Å². The molecule has 0 bridgehead atoms. The first-order chi connectivity index (χ1) is 12.1. The molecule has 0 aliphatic carbocycles. The van der Waals surface area contributed by atoms with Gasteiger partial charge in [-0.3, -0.25) is 14.7 Å². The van der Waals surface area contributed by atoms with E-state index >= 15 is 0 Å². The quantitative estimate of drug-likeness (QED) is 0.779. The lowest BCUT2D eigenvalue weighted by molar-refractivity contribution is 0.0768. The van der Waals surface area contributed by atoms with Crippen molar-refractivity contribution >= 4 is 29.9 Å². The van der Waals surface area contributed by atoms with Gasteiger partial charge in [0.15, 0.2) is 0 Å². The molecule has 0 radical (unpaired) electrons. The number of hydrogen-bond donors (Lipinski definition) is 0. The summed E-state index contributed by atoms with van der Waals surface area (Å²) >= 11 is 6.17. The van der Waals surface area contributed by atoms with Crippen LogP contribution in [0.25, 0.3) is 0 Å². The van der Waals surface area contributed by atoms with E-state index in [2.05, 4.69) is 48.1 Å². The lowest BCUT2D eigenvalue weighted by atomic mass is 9.88. The number of likely N-dealkylation sites (tertiary alicyclic amines) is 2. The topological polar surface area (TPSA) is 36.4 Å². The van der Waals surface area contributed by atoms with Crippen molar-refractivity contribution in [3.63, 3.8) is 0 Å². The Morgan fingerprint density at radius 1 is 1.19 bits per heavy atom. The monoisotopic (exact) mass is 391 g/mol. The van der Waals surface area contributed by atoms with Crippen molar-refractivity contribution in [1.29, 1.82) is 0 Å². The Bertz CT molecular complexity index is 813. The number of carbonyl (C=O) groups is 1. The molecule has 138 valence electrons. The molecule has 4 nitrogen and oxygen atoms in total. The Hall–Kier alpha value is -1.62. The van der Waals surface area contributed by atoms with E-state index < -0.39 is 0 Å². The van der Waals surface area contributed by atoms with E-state index in [9.17, 15) is 4.79 Å². The Balaban J connectivity index is 0.00000196. The minimum absolute atomic E-state index is 0. The standard InChI is InChI=1S/C20H22ClN3O.ClH/c1-13-5-3-4-6-15(13)19-17-12-24(11-14(17)10-23(19)2)20(25)16-7-8-22-9-18(16)21;/h3-9,14,17,19H,10-12H2,1-2H3;1H/t14-,17+,19-;/m0./s1. The molecule has 0 spiro atoms. The van der Waals surface area contributed by atoms with Crippen LogP contribution in [-0.2, 0) is 0 Å². The van der Waals surface area contributed by atoms with Crippen molar-refractivity contribution in [3.8, 4) is 0 Å². The van der Waals surface area contributed by atoms with Gasteiger partial charge in [0.25, 0.3) is 5.91 Å². The molecular weight excluding hydrogens is 369 g/mol. The summed E-state index contributed by atoms with van der Waals surface area (Å²) in [6.45, 7) is 4.78. The van der Waals surface area contributed by atoms with Crippen molar-refractivity contribution in [1.82, 2.24) is 14.8 Å². The van der Waals surface area contributed by atoms with Crippen LogP contribution in [0.2, 0.25) is 5.02 Å². The Morgan fingerprint density at radius 2 is 1.96 bits per heavy atom. The van der Waals surface area contributed by atoms with Crippen LogP contribution in [-0.4, -0.2) is 47.4 Å². The summed E-state index contributed by atoms with van der Waals surface area (Å²) in [5.74, 6) is 1.00. The maximum atomic E-state index is 12.9. The predicted octanol–water partition coefficient (Wildman–Crippen LogP) is 3.84. The molecule has 2 aromatic rings. The molecule has 1 aromatic heterocycles. The number of carbonyl (C=O) groups excluding carboxylic acids is 1. The van der Waals surface area contributed by atoms with Gasteiger partial charge in [0, 0.05) is 44.0 Å². The summed E-state index contributed by atoms with van der Waals surface area (Å²) in [6, 6.07) is 10.7. The van der Waals surface area contributed by atoms with Gasteiger partial charge >= 0.3 is 0 Å². The Morgan fingerprint density at radius 3 is 2.69 bits per heavy atom. The van der Waals surface area contributed by atoms with E-state index in [1.807, 2.05) is 4.90 Å². The third-order valence-corrected chi connectivity index (χ3v) is 5.99. The van der Waals surface area contributed by atoms with Gasteiger partial charge in [-0.15, -0.1) is 12.4 Å². The number of fused-ring (bicyclic) bond motifs is 1.